The van der Waals surface area contributed by atoms with E-state index >= 15 is 0 Å². The Morgan fingerprint density at radius 2 is 0.857 bits per heavy atom. The van der Waals surface area contributed by atoms with Crippen LogP contribution in [-0.2, 0) is 5.41 Å². The molecule has 0 N–H and O–H groups in total. The fraction of sp³-hybridized carbons (Fsp3) is 0.0545. The molecule has 0 atom stereocenters. The number of rotatable bonds is 3. The predicted octanol–water partition coefficient (Wildman–Crippen LogP) is 16.0. The number of hydrogen-bond acceptors (Lipinski definition) is 1. The summed E-state index contributed by atoms with van der Waals surface area (Å²) in [6, 6.07) is 68.3. The Kier molecular flexibility index (Phi) is 6.66. The molecular formula is C55H36S. The molecule has 56 heavy (non-hydrogen) atoms. The van der Waals surface area contributed by atoms with Gasteiger partial charge in [0, 0.05) is 25.6 Å². The lowest BCUT2D eigenvalue weighted by Gasteiger charge is -2.23. The summed E-state index contributed by atoms with van der Waals surface area (Å²) in [4.78, 5) is 0. The minimum Gasteiger partial charge on any atom is -0.135 e. The van der Waals surface area contributed by atoms with Crippen molar-refractivity contribution in [2.24, 2.45) is 0 Å². The molecule has 1 heterocycles. The lowest BCUT2D eigenvalue weighted by molar-refractivity contribution is 0.661. The highest BCUT2D eigenvalue weighted by molar-refractivity contribution is 7.26. The van der Waals surface area contributed by atoms with Gasteiger partial charge in [-0.25, -0.2) is 0 Å². The van der Waals surface area contributed by atoms with Crippen molar-refractivity contribution in [1.82, 2.24) is 0 Å². The molecule has 0 nitrogen and oxygen atoms in total. The Morgan fingerprint density at radius 3 is 1.55 bits per heavy atom. The molecule has 1 aliphatic rings. The van der Waals surface area contributed by atoms with Crippen molar-refractivity contribution in [2.75, 3.05) is 0 Å². The highest BCUT2D eigenvalue weighted by Gasteiger charge is 2.36. The highest BCUT2D eigenvalue weighted by atomic mass is 32.1. The Morgan fingerprint density at radius 1 is 0.339 bits per heavy atom. The van der Waals surface area contributed by atoms with Gasteiger partial charge in [0.1, 0.15) is 0 Å². The maximum absolute atomic E-state index is 2.49. The van der Waals surface area contributed by atoms with Gasteiger partial charge in [-0.1, -0.05) is 172 Å². The zero-order valence-electron chi connectivity index (χ0n) is 31.2. The standard InChI is InChI=1S/C55H36S/c1-55(2)49-31-36(35-25-29-51-48(30-35)47-28-22-34-13-4-6-16-39(34)54(47)56-51)23-26-40(49)41-27-24-37(32-50(41)55)52-43-17-7-9-19-45(43)53(46-20-10-8-18-44(46)52)42-21-11-14-33-12-3-5-15-38(33)42/h3-32H,1-2H3. The summed E-state index contributed by atoms with van der Waals surface area (Å²) in [6.07, 6.45) is 0. The smallest absolute Gasteiger partial charge is 0.0433 e. The van der Waals surface area contributed by atoms with Gasteiger partial charge in [0.25, 0.3) is 0 Å². The summed E-state index contributed by atoms with van der Waals surface area (Å²) < 4.78 is 2.71. The maximum Gasteiger partial charge on any atom is 0.0433 e. The predicted molar refractivity (Wildman–Crippen MR) is 243 cm³/mol. The first-order valence-corrected chi connectivity index (χ1v) is 20.4. The van der Waals surface area contributed by atoms with E-state index in [0.717, 1.165) is 0 Å². The van der Waals surface area contributed by atoms with Gasteiger partial charge in [0.2, 0.25) is 0 Å². The van der Waals surface area contributed by atoms with Crippen LogP contribution in [0.3, 0.4) is 0 Å². The van der Waals surface area contributed by atoms with Crippen molar-refractivity contribution in [3.05, 3.63) is 193 Å². The molecule has 0 fully saturated rings. The lowest BCUT2D eigenvalue weighted by Crippen LogP contribution is -2.15. The Bertz CT molecular complexity index is 3390. The van der Waals surface area contributed by atoms with Crippen LogP contribution in [0.25, 0.3) is 108 Å². The molecule has 0 saturated carbocycles. The van der Waals surface area contributed by atoms with Gasteiger partial charge < -0.3 is 0 Å². The Balaban J connectivity index is 1.00. The van der Waals surface area contributed by atoms with E-state index < -0.39 is 0 Å². The van der Waals surface area contributed by atoms with E-state index in [4.69, 9.17) is 0 Å². The van der Waals surface area contributed by atoms with E-state index in [1.54, 1.807) is 0 Å². The second-order valence-electron chi connectivity index (χ2n) is 16.0. The molecular weight excluding hydrogens is 693 g/mol. The molecule has 1 heteroatoms. The number of benzene rings is 10. The van der Waals surface area contributed by atoms with Crippen LogP contribution in [0, 0.1) is 0 Å². The van der Waals surface area contributed by atoms with Crippen LogP contribution in [0.4, 0.5) is 0 Å². The van der Waals surface area contributed by atoms with Crippen molar-refractivity contribution in [2.45, 2.75) is 19.3 Å². The molecule has 11 aromatic rings. The number of thiophene rings is 1. The second kappa shape index (κ2) is 11.7. The van der Waals surface area contributed by atoms with Gasteiger partial charge in [0.05, 0.1) is 0 Å². The summed E-state index contributed by atoms with van der Waals surface area (Å²) in [6.45, 7) is 4.82. The van der Waals surface area contributed by atoms with E-state index in [1.807, 2.05) is 11.3 Å². The highest BCUT2D eigenvalue weighted by Crippen LogP contribution is 2.53. The van der Waals surface area contributed by atoms with Crippen LogP contribution < -0.4 is 0 Å². The fourth-order valence-electron chi connectivity index (χ4n) is 9.93. The third-order valence-corrected chi connectivity index (χ3v) is 13.9. The molecule has 10 aromatic carbocycles. The van der Waals surface area contributed by atoms with Crippen LogP contribution in [0.15, 0.2) is 182 Å². The van der Waals surface area contributed by atoms with Gasteiger partial charge in [0.15, 0.2) is 0 Å². The first kappa shape index (κ1) is 31.8. The average Bonchev–Trinajstić information content (AvgIpc) is 3.73. The number of hydrogen-bond donors (Lipinski definition) is 0. The summed E-state index contributed by atoms with van der Waals surface area (Å²) in [5.74, 6) is 0. The minimum absolute atomic E-state index is 0.163. The molecule has 12 rings (SSSR count). The quantitative estimate of drug-likeness (QED) is 0.159. The second-order valence-corrected chi connectivity index (χ2v) is 17.0. The average molecular weight is 729 g/mol. The van der Waals surface area contributed by atoms with Crippen molar-refractivity contribution in [3.8, 4) is 44.5 Å². The van der Waals surface area contributed by atoms with Gasteiger partial charge in [-0.15, -0.1) is 11.3 Å². The van der Waals surface area contributed by atoms with E-state index in [9.17, 15) is 0 Å². The van der Waals surface area contributed by atoms with Gasteiger partial charge in [-0.05, 0) is 123 Å². The molecule has 0 spiro atoms. The van der Waals surface area contributed by atoms with Crippen LogP contribution in [-0.4, -0.2) is 0 Å². The molecule has 0 aliphatic heterocycles. The monoisotopic (exact) mass is 728 g/mol. The van der Waals surface area contributed by atoms with E-state index in [1.165, 1.54) is 119 Å². The van der Waals surface area contributed by atoms with Crippen molar-refractivity contribution < 1.29 is 0 Å². The molecule has 0 radical (unpaired) electrons. The third kappa shape index (κ3) is 4.47. The van der Waals surface area contributed by atoms with E-state index in [2.05, 4.69) is 196 Å². The number of fused-ring (bicyclic) bond motifs is 11. The molecule has 0 saturated heterocycles. The topological polar surface area (TPSA) is 0 Å². The summed E-state index contributed by atoms with van der Waals surface area (Å²) in [7, 11) is 0. The van der Waals surface area contributed by atoms with Gasteiger partial charge in [-0.3, -0.25) is 0 Å². The van der Waals surface area contributed by atoms with Crippen molar-refractivity contribution >= 4 is 74.6 Å². The fourth-order valence-corrected chi connectivity index (χ4v) is 11.1. The maximum atomic E-state index is 2.49. The summed E-state index contributed by atoms with van der Waals surface area (Å²) in [5, 5.41) is 13.0. The van der Waals surface area contributed by atoms with Crippen LogP contribution >= 0.6 is 11.3 Å². The van der Waals surface area contributed by atoms with Crippen LogP contribution in [0.1, 0.15) is 25.0 Å². The first-order valence-electron chi connectivity index (χ1n) is 19.6. The van der Waals surface area contributed by atoms with Crippen molar-refractivity contribution in [3.63, 3.8) is 0 Å². The lowest BCUT2D eigenvalue weighted by atomic mass is 9.80. The Labute approximate surface area is 329 Å². The molecule has 1 aliphatic carbocycles. The molecule has 0 bridgehead atoms. The molecule has 1 aromatic heterocycles. The van der Waals surface area contributed by atoms with Crippen LogP contribution in [0.2, 0.25) is 0 Å². The summed E-state index contributed by atoms with van der Waals surface area (Å²) in [5.41, 5.74) is 13.0. The molecule has 262 valence electrons. The van der Waals surface area contributed by atoms with Gasteiger partial charge >= 0.3 is 0 Å². The SMILES string of the molecule is CC1(C)c2cc(-c3ccc4sc5c6ccccc6ccc5c4c3)ccc2-c2ccc(-c3c4ccccc4c(-c4cccc5ccccc45)c4ccccc34)cc21. The van der Waals surface area contributed by atoms with Crippen molar-refractivity contribution in [1.29, 1.82) is 0 Å². The largest absolute Gasteiger partial charge is 0.135 e. The molecule has 0 unspecified atom stereocenters. The minimum atomic E-state index is -0.163. The first-order chi connectivity index (χ1) is 27.5. The van der Waals surface area contributed by atoms with E-state index in [0.29, 0.717) is 0 Å². The zero-order valence-corrected chi connectivity index (χ0v) is 32.0. The van der Waals surface area contributed by atoms with Gasteiger partial charge in [-0.2, -0.15) is 0 Å². The third-order valence-electron chi connectivity index (χ3n) is 12.6. The van der Waals surface area contributed by atoms with Crippen LogP contribution in [0.5, 0.6) is 0 Å². The Hall–Kier alpha value is -6.54. The zero-order chi connectivity index (χ0) is 37.1. The summed E-state index contributed by atoms with van der Waals surface area (Å²) >= 11 is 1.91. The molecule has 0 amide bonds. The van der Waals surface area contributed by atoms with E-state index in [-0.39, 0.29) is 5.41 Å². The normalized spacial score (nSPS) is 13.3.